The molecule has 1 aliphatic heterocycles. The molecule has 0 N–H and O–H groups in total. The van der Waals surface area contributed by atoms with E-state index in [2.05, 4.69) is 10.00 Å². The fraction of sp³-hybridized carbons (Fsp3) is 0.400. The molecule has 188 valence electrons. The van der Waals surface area contributed by atoms with Crippen LogP contribution in [0.1, 0.15) is 16.8 Å². The van der Waals surface area contributed by atoms with Crippen LogP contribution in [0.2, 0.25) is 0 Å². The van der Waals surface area contributed by atoms with Gasteiger partial charge in [0.15, 0.2) is 5.03 Å². The van der Waals surface area contributed by atoms with Crippen LogP contribution in [0.3, 0.4) is 0 Å². The molecule has 0 saturated carbocycles. The van der Waals surface area contributed by atoms with Gasteiger partial charge in [-0.05, 0) is 49.5 Å². The Morgan fingerprint density at radius 3 is 1.80 bits per heavy atom. The van der Waals surface area contributed by atoms with Gasteiger partial charge in [0.2, 0.25) is 0 Å². The third-order valence-electron chi connectivity index (χ3n) is 6.51. The number of likely N-dealkylation sites (N-methyl/N-ethyl adjacent to an activating group) is 1. The van der Waals surface area contributed by atoms with Crippen molar-refractivity contribution in [1.82, 2.24) is 19.0 Å². The molecule has 0 unspecified atom stereocenters. The number of sulfonamides is 1. The van der Waals surface area contributed by atoms with Crippen LogP contribution >= 0.6 is 0 Å². The highest BCUT2D eigenvalue weighted by atomic mass is 32.2. The summed E-state index contributed by atoms with van der Waals surface area (Å²) in [6.07, 6.45) is 0. The molecule has 1 aliphatic rings. The van der Waals surface area contributed by atoms with E-state index in [-0.39, 0.29) is 18.1 Å². The first-order valence-electron chi connectivity index (χ1n) is 11.3. The van der Waals surface area contributed by atoms with Crippen LogP contribution in [-0.4, -0.2) is 68.9 Å². The molecule has 35 heavy (non-hydrogen) atoms. The van der Waals surface area contributed by atoms with Gasteiger partial charge < -0.3 is 14.2 Å². The van der Waals surface area contributed by atoms with Gasteiger partial charge in [-0.1, -0.05) is 24.3 Å². The van der Waals surface area contributed by atoms with E-state index in [0.717, 1.165) is 16.8 Å². The van der Waals surface area contributed by atoms with Crippen molar-refractivity contribution >= 4 is 10.0 Å². The molecular weight excluding hydrogens is 468 g/mol. The molecule has 0 spiro atoms. The van der Waals surface area contributed by atoms with E-state index in [1.807, 2.05) is 62.6 Å². The average molecular weight is 501 g/mol. The van der Waals surface area contributed by atoms with Crippen LogP contribution in [0, 0.1) is 0 Å². The van der Waals surface area contributed by atoms with E-state index in [1.54, 1.807) is 32.0 Å². The molecule has 2 aromatic carbocycles. The van der Waals surface area contributed by atoms with Crippen molar-refractivity contribution in [3.63, 3.8) is 0 Å². The molecule has 10 heteroatoms. The first-order valence-corrected chi connectivity index (χ1v) is 12.7. The molecule has 1 aromatic heterocycles. The summed E-state index contributed by atoms with van der Waals surface area (Å²) in [5, 5.41) is 4.46. The lowest BCUT2D eigenvalue weighted by Gasteiger charge is -2.46. The number of rotatable bonds is 10. The normalized spacial score (nSPS) is 15.3. The number of aryl methyl sites for hydroxylation is 1. The number of benzene rings is 2. The SMILES string of the molecule is COc1ccc(CN(Cc2ccc(OC)cc2)S(=O)(=O)c2cc(C3(N(C)C)COC3)n(C)n2)cc1. The van der Waals surface area contributed by atoms with Crippen molar-refractivity contribution in [1.29, 1.82) is 0 Å². The Hall–Kier alpha value is -2.92. The predicted molar refractivity (Wildman–Crippen MR) is 132 cm³/mol. The third-order valence-corrected chi connectivity index (χ3v) is 8.18. The molecule has 4 rings (SSSR count). The Balaban J connectivity index is 1.69. The monoisotopic (exact) mass is 500 g/mol. The lowest BCUT2D eigenvalue weighted by Crippen LogP contribution is -2.57. The van der Waals surface area contributed by atoms with E-state index in [4.69, 9.17) is 14.2 Å². The summed E-state index contributed by atoms with van der Waals surface area (Å²) in [6, 6.07) is 16.4. The van der Waals surface area contributed by atoms with Crippen molar-refractivity contribution in [2.45, 2.75) is 23.7 Å². The van der Waals surface area contributed by atoms with Crippen LogP contribution < -0.4 is 9.47 Å². The van der Waals surface area contributed by atoms with Gasteiger partial charge in [-0.2, -0.15) is 9.40 Å². The number of ether oxygens (including phenoxy) is 3. The first kappa shape index (κ1) is 25.2. The van der Waals surface area contributed by atoms with Gasteiger partial charge in [0.25, 0.3) is 10.0 Å². The molecular formula is C25H32N4O5S. The molecule has 1 saturated heterocycles. The van der Waals surface area contributed by atoms with Crippen molar-refractivity contribution in [3.8, 4) is 11.5 Å². The van der Waals surface area contributed by atoms with Crippen molar-refractivity contribution in [2.75, 3.05) is 41.5 Å². The smallest absolute Gasteiger partial charge is 0.263 e. The maximum absolute atomic E-state index is 13.9. The minimum Gasteiger partial charge on any atom is -0.497 e. The summed E-state index contributed by atoms with van der Waals surface area (Å²) < 4.78 is 46.9. The molecule has 0 bridgehead atoms. The van der Waals surface area contributed by atoms with Crippen LogP contribution in [0.25, 0.3) is 0 Å². The summed E-state index contributed by atoms with van der Waals surface area (Å²) in [5.41, 5.74) is 2.10. The first-order chi connectivity index (χ1) is 16.7. The van der Waals surface area contributed by atoms with Gasteiger partial charge in [0, 0.05) is 26.2 Å². The Labute approximate surface area is 206 Å². The largest absolute Gasteiger partial charge is 0.497 e. The topological polar surface area (TPSA) is 86.1 Å². The predicted octanol–water partition coefficient (Wildman–Crippen LogP) is 2.62. The summed E-state index contributed by atoms with van der Waals surface area (Å²) in [7, 11) is 4.97. The Morgan fingerprint density at radius 2 is 1.43 bits per heavy atom. The summed E-state index contributed by atoms with van der Waals surface area (Å²) >= 11 is 0. The van der Waals surface area contributed by atoms with Gasteiger partial charge in [0.05, 0.1) is 33.1 Å². The van der Waals surface area contributed by atoms with E-state index in [1.165, 1.54) is 4.31 Å². The second-order valence-electron chi connectivity index (χ2n) is 8.88. The Bertz CT molecular complexity index is 1200. The maximum atomic E-state index is 13.9. The second kappa shape index (κ2) is 9.98. The molecule has 2 heterocycles. The van der Waals surface area contributed by atoms with Crippen molar-refractivity contribution < 1.29 is 22.6 Å². The molecule has 0 radical (unpaired) electrons. The van der Waals surface area contributed by atoms with Crippen molar-refractivity contribution in [3.05, 3.63) is 71.4 Å². The van der Waals surface area contributed by atoms with Gasteiger partial charge in [-0.15, -0.1) is 0 Å². The zero-order valence-corrected chi connectivity index (χ0v) is 21.6. The lowest BCUT2D eigenvalue weighted by atomic mass is 9.91. The highest BCUT2D eigenvalue weighted by molar-refractivity contribution is 7.89. The standard InChI is InChI=1S/C25H32N4O5S/c1-27(2)25(17-34-18-25)23-14-24(26-28(23)3)35(30,31)29(15-19-6-10-21(32-4)11-7-19)16-20-8-12-22(33-5)13-9-20/h6-14H,15-18H2,1-5H3. The number of aromatic nitrogens is 2. The lowest BCUT2D eigenvalue weighted by molar-refractivity contribution is -0.134. The van der Waals surface area contributed by atoms with Gasteiger partial charge in [0.1, 0.15) is 17.0 Å². The van der Waals surface area contributed by atoms with Crippen LogP contribution in [0.4, 0.5) is 0 Å². The zero-order chi connectivity index (χ0) is 25.2. The summed E-state index contributed by atoms with van der Waals surface area (Å²) in [4.78, 5) is 2.05. The number of nitrogens with zero attached hydrogens (tertiary/aromatic N) is 4. The fourth-order valence-electron chi connectivity index (χ4n) is 4.16. The van der Waals surface area contributed by atoms with Gasteiger partial charge in [-0.3, -0.25) is 9.58 Å². The quantitative estimate of drug-likeness (QED) is 0.423. The molecule has 9 nitrogen and oxygen atoms in total. The second-order valence-corrected chi connectivity index (χ2v) is 10.8. The molecule has 3 aromatic rings. The van der Waals surface area contributed by atoms with E-state index >= 15 is 0 Å². The molecule has 0 amide bonds. The van der Waals surface area contributed by atoms with E-state index < -0.39 is 15.6 Å². The minimum absolute atomic E-state index is 0.0187. The van der Waals surface area contributed by atoms with Gasteiger partial charge in [-0.25, -0.2) is 8.42 Å². The van der Waals surface area contributed by atoms with Crippen LogP contribution in [-0.2, 0) is 40.4 Å². The maximum Gasteiger partial charge on any atom is 0.263 e. The van der Waals surface area contributed by atoms with Crippen LogP contribution in [0.5, 0.6) is 11.5 Å². The number of hydrogen-bond acceptors (Lipinski definition) is 7. The minimum atomic E-state index is -3.92. The summed E-state index contributed by atoms with van der Waals surface area (Å²) in [6.45, 7) is 1.35. The van der Waals surface area contributed by atoms with Crippen molar-refractivity contribution in [2.24, 2.45) is 7.05 Å². The molecule has 0 aliphatic carbocycles. The highest BCUT2D eigenvalue weighted by Crippen LogP contribution is 2.35. The summed E-state index contributed by atoms with van der Waals surface area (Å²) in [5.74, 6) is 1.42. The Kier molecular flexibility index (Phi) is 7.18. The number of hydrogen-bond donors (Lipinski definition) is 0. The van der Waals surface area contributed by atoms with Crippen LogP contribution in [0.15, 0.2) is 59.6 Å². The molecule has 1 fully saturated rings. The van der Waals surface area contributed by atoms with E-state index in [9.17, 15) is 8.42 Å². The number of methoxy groups -OCH3 is 2. The van der Waals surface area contributed by atoms with Gasteiger partial charge >= 0.3 is 0 Å². The fourth-order valence-corrected chi connectivity index (χ4v) is 5.55. The molecule has 0 atom stereocenters. The van der Waals surface area contributed by atoms with E-state index in [0.29, 0.717) is 24.7 Å². The Morgan fingerprint density at radius 1 is 0.943 bits per heavy atom. The third kappa shape index (κ3) is 4.92. The highest BCUT2D eigenvalue weighted by Gasteiger charge is 2.46. The zero-order valence-electron chi connectivity index (χ0n) is 20.8. The average Bonchev–Trinajstić information content (AvgIpc) is 3.21.